The van der Waals surface area contributed by atoms with E-state index in [0.29, 0.717) is 22.2 Å². The van der Waals surface area contributed by atoms with Crippen LogP contribution >= 0.6 is 11.3 Å². The first kappa shape index (κ1) is 17.1. The molecule has 0 atom stereocenters. The average Bonchev–Trinajstić information content (AvgIpc) is 3.12. The van der Waals surface area contributed by atoms with Crippen molar-refractivity contribution in [1.82, 2.24) is 9.97 Å². The summed E-state index contributed by atoms with van der Waals surface area (Å²) in [7, 11) is 0. The first-order chi connectivity index (χ1) is 12.2. The van der Waals surface area contributed by atoms with E-state index in [-0.39, 0.29) is 5.91 Å². The van der Waals surface area contributed by atoms with Crippen LogP contribution in [0, 0.1) is 0 Å². The second kappa shape index (κ2) is 8.39. The van der Waals surface area contributed by atoms with E-state index in [0.717, 1.165) is 25.0 Å². The number of aryl methyl sites for hydroxylation is 1. The number of carbonyl (C=O) groups excluding carboxylic acids is 1. The van der Waals surface area contributed by atoms with Crippen molar-refractivity contribution in [3.05, 3.63) is 64.9 Å². The number of nitrogens with one attached hydrogen (secondary N) is 1. The van der Waals surface area contributed by atoms with Crippen LogP contribution in [0.1, 0.15) is 35.3 Å². The smallest absolute Gasteiger partial charge is 0.284 e. The third kappa shape index (κ3) is 4.87. The number of nitrogens with zero attached hydrogens (tertiary/aromatic N) is 2. The number of unbranched alkanes of at least 4 members (excludes halogenated alkanes) is 1. The lowest BCUT2D eigenvalue weighted by molar-refractivity contribution is 0.102. The summed E-state index contributed by atoms with van der Waals surface area (Å²) in [6.45, 7) is 2.14. The lowest BCUT2D eigenvalue weighted by atomic mass is 10.2. The molecule has 0 radical (unpaired) electrons. The Morgan fingerprint density at radius 2 is 1.84 bits per heavy atom. The summed E-state index contributed by atoms with van der Waals surface area (Å²) in [6, 6.07) is 10.8. The van der Waals surface area contributed by atoms with Crippen LogP contribution in [-0.4, -0.2) is 15.9 Å². The predicted molar refractivity (Wildman–Crippen MR) is 99.4 cm³/mol. The Balaban J connectivity index is 1.59. The molecule has 1 aromatic carbocycles. The maximum absolute atomic E-state index is 12.3. The Morgan fingerprint density at radius 3 is 2.56 bits per heavy atom. The van der Waals surface area contributed by atoms with Gasteiger partial charge in [0.15, 0.2) is 5.01 Å². The molecule has 1 amide bonds. The minimum absolute atomic E-state index is 0.185. The van der Waals surface area contributed by atoms with Crippen molar-refractivity contribution in [2.45, 2.75) is 26.2 Å². The zero-order chi connectivity index (χ0) is 17.5. The fourth-order valence-corrected chi connectivity index (χ4v) is 2.96. The van der Waals surface area contributed by atoms with E-state index >= 15 is 0 Å². The number of pyridine rings is 1. The van der Waals surface area contributed by atoms with Crippen molar-refractivity contribution in [3.63, 3.8) is 0 Å². The number of benzene rings is 1. The Kier molecular flexibility index (Phi) is 5.74. The molecule has 0 unspecified atom stereocenters. The molecule has 0 aliphatic carbocycles. The Labute approximate surface area is 150 Å². The first-order valence-corrected chi connectivity index (χ1v) is 9.06. The van der Waals surface area contributed by atoms with Gasteiger partial charge < -0.3 is 10.1 Å². The van der Waals surface area contributed by atoms with Crippen molar-refractivity contribution in [1.29, 1.82) is 0 Å². The van der Waals surface area contributed by atoms with Gasteiger partial charge in [0, 0.05) is 23.5 Å². The topological polar surface area (TPSA) is 64.1 Å². The van der Waals surface area contributed by atoms with E-state index in [1.54, 1.807) is 36.7 Å². The minimum atomic E-state index is -0.185. The molecule has 0 aliphatic rings. The van der Waals surface area contributed by atoms with Gasteiger partial charge >= 0.3 is 0 Å². The molecular weight excluding hydrogens is 334 g/mol. The minimum Gasteiger partial charge on any atom is -0.457 e. The zero-order valence-corrected chi connectivity index (χ0v) is 14.8. The van der Waals surface area contributed by atoms with Crippen molar-refractivity contribution in [3.8, 4) is 11.5 Å². The molecule has 5 nitrogen and oxygen atoms in total. The third-order valence-corrected chi connectivity index (χ3v) is 4.42. The van der Waals surface area contributed by atoms with Gasteiger partial charge in [-0.2, -0.15) is 0 Å². The van der Waals surface area contributed by atoms with E-state index in [1.165, 1.54) is 11.3 Å². The van der Waals surface area contributed by atoms with Crippen LogP contribution in [-0.2, 0) is 6.42 Å². The second-order valence-corrected chi connectivity index (χ2v) is 6.37. The largest absolute Gasteiger partial charge is 0.457 e. The number of thiazole rings is 1. The quantitative estimate of drug-likeness (QED) is 0.654. The van der Waals surface area contributed by atoms with Gasteiger partial charge in [-0.05, 0) is 49.2 Å². The molecule has 0 spiro atoms. The van der Waals surface area contributed by atoms with Gasteiger partial charge in [0.25, 0.3) is 5.91 Å². The normalized spacial score (nSPS) is 10.4. The Bertz CT molecular complexity index is 816. The summed E-state index contributed by atoms with van der Waals surface area (Å²) >= 11 is 1.38. The van der Waals surface area contributed by atoms with Gasteiger partial charge in [-0.3, -0.25) is 9.78 Å². The highest BCUT2D eigenvalue weighted by Crippen LogP contribution is 2.23. The monoisotopic (exact) mass is 353 g/mol. The van der Waals surface area contributed by atoms with Crippen LogP contribution < -0.4 is 10.1 Å². The summed E-state index contributed by atoms with van der Waals surface area (Å²) in [4.78, 5) is 20.6. The molecule has 0 fully saturated rings. The van der Waals surface area contributed by atoms with Gasteiger partial charge in [-0.25, -0.2) is 4.98 Å². The van der Waals surface area contributed by atoms with Crippen LogP contribution in [0.4, 0.5) is 5.69 Å². The van der Waals surface area contributed by atoms with Crippen LogP contribution in [0.5, 0.6) is 11.5 Å². The lowest BCUT2D eigenvalue weighted by Gasteiger charge is -2.07. The summed E-state index contributed by atoms with van der Waals surface area (Å²) in [5.41, 5.74) is 1.69. The number of aromatic nitrogens is 2. The number of amides is 1. The Morgan fingerprint density at radius 1 is 1.12 bits per heavy atom. The maximum Gasteiger partial charge on any atom is 0.284 e. The van der Waals surface area contributed by atoms with E-state index < -0.39 is 0 Å². The van der Waals surface area contributed by atoms with Crippen molar-refractivity contribution < 1.29 is 9.53 Å². The molecule has 3 aromatic rings. The number of rotatable bonds is 7. The summed E-state index contributed by atoms with van der Waals surface area (Å²) in [5.74, 6) is 1.23. The van der Waals surface area contributed by atoms with Crippen LogP contribution in [0.25, 0.3) is 0 Å². The highest BCUT2D eigenvalue weighted by molar-refractivity contribution is 7.11. The molecule has 2 heterocycles. The lowest BCUT2D eigenvalue weighted by Crippen LogP contribution is -2.11. The van der Waals surface area contributed by atoms with Crippen molar-refractivity contribution in [2.24, 2.45) is 0 Å². The number of hydrogen-bond donors (Lipinski definition) is 1. The number of anilines is 1. The van der Waals surface area contributed by atoms with E-state index in [1.807, 2.05) is 17.5 Å². The average molecular weight is 353 g/mol. The van der Waals surface area contributed by atoms with Crippen LogP contribution in [0.15, 0.2) is 54.2 Å². The third-order valence-electron chi connectivity index (χ3n) is 3.53. The summed E-state index contributed by atoms with van der Waals surface area (Å²) in [6.07, 6.45) is 6.47. The molecule has 0 aliphatic heterocycles. The van der Waals surface area contributed by atoms with Crippen LogP contribution in [0.2, 0.25) is 0 Å². The molecule has 1 N–H and O–H groups in total. The maximum atomic E-state index is 12.3. The molecule has 0 saturated heterocycles. The first-order valence-electron chi connectivity index (χ1n) is 8.18. The fraction of sp³-hybridized carbons (Fsp3) is 0.211. The molecular formula is C19H19N3O2S. The molecule has 6 heteroatoms. The number of carbonyl (C=O) groups is 1. The van der Waals surface area contributed by atoms with Crippen molar-refractivity contribution >= 4 is 22.9 Å². The molecule has 128 valence electrons. The van der Waals surface area contributed by atoms with Gasteiger partial charge in [-0.1, -0.05) is 13.3 Å². The van der Waals surface area contributed by atoms with Gasteiger partial charge in [0.05, 0.1) is 5.69 Å². The van der Waals surface area contributed by atoms with E-state index in [2.05, 4.69) is 22.2 Å². The van der Waals surface area contributed by atoms with E-state index in [4.69, 9.17) is 4.74 Å². The van der Waals surface area contributed by atoms with Crippen LogP contribution in [0.3, 0.4) is 0 Å². The SMILES string of the molecule is CCCCc1csc(C(=O)Nc2ccc(Oc3ccncc3)cc2)n1. The molecule has 2 aromatic heterocycles. The Hall–Kier alpha value is -2.73. The zero-order valence-electron chi connectivity index (χ0n) is 13.9. The highest BCUT2D eigenvalue weighted by Gasteiger charge is 2.11. The number of hydrogen-bond acceptors (Lipinski definition) is 5. The molecule has 0 saturated carbocycles. The number of ether oxygens (including phenoxy) is 1. The summed E-state index contributed by atoms with van der Waals surface area (Å²) < 4.78 is 5.70. The standard InChI is InChI=1S/C19H19N3O2S/c1-2-3-4-15-13-25-19(22-15)18(23)21-14-5-7-16(8-6-14)24-17-9-11-20-12-10-17/h5-13H,2-4H2,1H3,(H,21,23). The molecule has 0 bridgehead atoms. The second-order valence-electron chi connectivity index (χ2n) is 5.51. The van der Waals surface area contributed by atoms with E-state index in [9.17, 15) is 4.79 Å². The molecule has 25 heavy (non-hydrogen) atoms. The van der Waals surface area contributed by atoms with Gasteiger partial charge in [0.1, 0.15) is 11.5 Å². The van der Waals surface area contributed by atoms with Gasteiger partial charge in [-0.15, -0.1) is 11.3 Å². The van der Waals surface area contributed by atoms with Gasteiger partial charge in [0.2, 0.25) is 0 Å². The molecule has 3 rings (SSSR count). The van der Waals surface area contributed by atoms with Crippen molar-refractivity contribution in [2.75, 3.05) is 5.32 Å². The predicted octanol–water partition coefficient (Wildman–Crippen LogP) is 4.93. The fourth-order valence-electron chi connectivity index (χ4n) is 2.22. The summed E-state index contributed by atoms with van der Waals surface area (Å²) in [5, 5.41) is 5.31. The highest BCUT2D eigenvalue weighted by atomic mass is 32.1.